The van der Waals surface area contributed by atoms with Crippen LogP contribution < -0.4 is 16.0 Å². The van der Waals surface area contributed by atoms with Gasteiger partial charge in [-0.3, -0.25) is 19.3 Å². The fourth-order valence-corrected chi connectivity index (χ4v) is 2.88. The van der Waals surface area contributed by atoms with Crippen molar-refractivity contribution in [2.24, 2.45) is 0 Å². The topological polar surface area (TPSA) is 90.5 Å². The number of nitrogens with one attached hydrogen (secondary N) is 3. The quantitative estimate of drug-likeness (QED) is 0.538. The van der Waals surface area contributed by atoms with Crippen LogP contribution in [0.15, 0.2) is 42.5 Å². The zero-order chi connectivity index (χ0) is 22.8. The molecule has 9 heteroatoms. The second-order valence-electron chi connectivity index (χ2n) is 6.91. The molecule has 0 aliphatic carbocycles. The molecule has 0 saturated carbocycles. The molecule has 0 atom stereocenters. The maximum Gasteiger partial charge on any atom is 0.238 e. The van der Waals surface area contributed by atoms with E-state index in [-0.39, 0.29) is 49.3 Å². The molecule has 2 rings (SSSR count). The minimum Gasteiger partial charge on any atom is -0.355 e. The molecule has 0 unspecified atom stereocenters. The van der Waals surface area contributed by atoms with Gasteiger partial charge in [0.25, 0.3) is 0 Å². The summed E-state index contributed by atoms with van der Waals surface area (Å²) in [5.74, 6) is -2.12. The lowest BCUT2D eigenvalue weighted by atomic mass is 10.1. The van der Waals surface area contributed by atoms with Crippen molar-refractivity contribution in [1.29, 1.82) is 0 Å². The van der Waals surface area contributed by atoms with Crippen LogP contribution in [-0.4, -0.2) is 48.8 Å². The first-order valence-electron chi connectivity index (χ1n) is 9.88. The summed E-state index contributed by atoms with van der Waals surface area (Å²) in [5, 5.41) is 7.98. The number of carbonyl (C=O) groups excluding carboxylic acids is 3. The monoisotopic (exact) mass is 432 g/mol. The first-order valence-corrected chi connectivity index (χ1v) is 9.88. The van der Waals surface area contributed by atoms with Crippen molar-refractivity contribution in [2.75, 3.05) is 36.8 Å². The number of rotatable bonds is 10. The Morgan fingerprint density at radius 1 is 0.871 bits per heavy atom. The Labute approximate surface area is 179 Å². The van der Waals surface area contributed by atoms with Crippen molar-refractivity contribution in [1.82, 2.24) is 10.2 Å². The summed E-state index contributed by atoms with van der Waals surface area (Å²) >= 11 is 0. The van der Waals surface area contributed by atoms with Crippen LogP contribution in [0.2, 0.25) is 0 Å². The largest absolute Gasteiger partial charge is 0.355 e. The fourth-order valence-electron chi connectivity index (χ4n) is 2.88. The fraction of sp³-hybridized carbons (Fsp3) is 0.318. The second kappa shape index (κ2) is 11.8. The average molecular weight is 432 g/mol. The van der Waals surface area contributed by atoms with Gasteiger partial charge in [0.1, 0.15) is 11.6 Å². The van der Waals surface area contributed by atoms with Gasteiger partial charge >= 0.3 is 0 Å². The third kappa shape index (κ3) is 8.13. The maximum atomic E-state index is 13.6. The minimum atomic E-state index is -0.647. The van der Waals surface area contributed by atoms with Crippen molar-refractivity contribution in [2.45, 2.75) is 20.3 Å². The zero-order valence-electron chi connectivity index (χ0n) is 17.5. The molecule has 31 heavy (non-hydrogen) atoms. The highest BCUT2D eigenvalue weighted by Gasteiger charge is 2.14. The predicted molar refractivity (Wildman–Crippen MR) is 115 cm³/mol. The molecule has 3 N–H and O–H groups in total. The lowest BCUT2D eigenvalue weighted by molar-refractivity contribution is -0.123. The van der Waals surface area contributed by atoms with Crippen LogP contribution in [0.4, 0.5) is 20.2 Å². The van der Waals surface area contributed by atoms with E-state index in [4.69, 9.17) is 0 Å². The molecule has 0 radical (unpaired) electrons. The predicted octanol–water partition coefficient (Wildman–Crippen LogP) is 2.54. The molecular weight excluding hydrogens is 406 g/mol. The Morgan fingerprint density at radius 3 is 1.97 bits per heavy atom. The van der Waals surface area contributed by atoms with Gasteiger partial charge in [-0.15, -0.1) is 0 Å². The number of benzene rings is 2. The van der Waals surface area contributed by atoms with Gasteiger partial charge in [-0.05, 0) is 49.4 Å². The summed E-state index contributed by atoms with van der Waals surface area (Å²) in [7, 11) is 0. The van der Waals surface area contributed by atoms with Crippen LogP contribution in [-0.2, 0) is 20.8 Å². The molecule has 0 heterocycles. The number of anilines is 2. The summed E-state index contributed by atoms with van der Waals surface area (Å²) in [6, 6.07) is 10.3. The zero-order valence-corrected chi connectivity index (χ0v) is 17.5. The molecule has 2 aromatic rings. The van der Waals surface area contributed by atoms with E-state index >= 15 is 0 Å². The highest BCUT2D eigenvalue weighted by atomic mass is 19.1. The van der Waals surface area contributed by atoms with Crippen LogP contribution in [0, 0.1) is 11.6 Å². The molecule has 0 aromatic heterocycles. The highest BCUT2D eigenvalue weighted by molar-refractivity contribution is 5.93. The van der Waals surface area contributed by atoms with Crippen LogP contribution >= 0.6 is 0 Å². The summed E-state index contributed by atoms with van der Waals surface area (Å²) < 4.78 is 27.2. The molecule has 0 aliphatic rings. The Hall–Kier alpha value is -3.33. The van der Waals surface area contributed by atoms with E-state index < -0.39 is 11.6 Å². The summed E-state index contributed by atoms with van der Waals surface area (Å²) in [5.41, 5.74) is 1.11. The van der Waals surface area contributed by atoms with E-state index in [2.05, 4.69) is 16.0 Å². The van der Waals surface area contributed by atoms with Gasteiger partial charge in [0, 0.05) is 30.4 Å². The first-order chi connectivity index (χ1) is 14.8. The SMILES string of the molecule is CCN(CC(=O)NCCc1c(F)cccc1F)CC(=O)Nc1ccc(NC(C)=O)cc1. The van der Waals surface area contributed by atoms with Crippen molar-refractivity contribution in [3.05, 3.63) is 59.7 Å². The minimum absolute atomic E-state index is 0.000686. The van der Waals surface area contributed by atoms with Crippen molar-refractivity contribution in [3.8, 4) is 0 Å². The van der Waals surface area contributed by atoms with Gasteiger partial charge < -0.3 is 16.0 Å². The molecule has 2 aromatic carbocycles. The van der Waals surface area contributed by atoms with Gasteiger partial charge in [-0.25, -0.2) is 8.78 Å². The van der Waals surface area contributed by atoms with Gasteiger partial charge in [-0.1, -0.05) is 13.0 Å². The number of halogens is 2. The molecule has 166 valence electrons. The molecule has 3 amide bonds. The van der Waals surface area contributed by atoms with E-state index in [1.807, 2.05) is 6.92 Å². The molecule has 0 bridgehead atoms. The Bertz CT molecular complexity index is 899. The lowest BCUT2D eigenvalue weighted by Gasteiger charge is -2.19. The number of carbonyl (C=O) groups is 3. The first kappa shape index (κ1) is 23.9. The van der Waals surface area contributed by atoms with Crippen molar-refractivity contribution in [3.63, 3.8) is 0 Å². The molecule has 0 saturated heterocycles. The van der Waals surface area contributed by atoms with E-state index in [0.29, 0.717) is 17.9 Å². The van der Waals surface area contributed by atoms with E-state index in [1.54, 1.807) is 29.2 Å². The van der Waals surface area contributed by atoms with Crippen LogP contribution in [0.1, 0.15) is 19.4 Å². The standard InChI is InChI=1S/C22H26F2N4O3/c1-3-28(13-21(30)25-12-11-18-19(23)5-4-6-20(18)24)14-22(31)27-17-9-7-16(8-10-17)26-15(2)29/h4-10H,3,11-14H2,1-2H3,(H,25,30)(H,26,29)(H,27,31). The van der Waals surface area contributed by atoms with Gasteiger partial charge in [0.05, 0.1) is 13.1 Å². The van der Waals surface area contributed by atoms with E-state index in [1.165, 1.54) is 25.1 Å². The second-order valence-corrected chi connectivity index (χ2v) is 6.91. The normalized spacial score (nSPS) is 10.6. The molecule has 0 spiro atoms. The smallest absolute Gasteiger partial charge is 0.238 e. The van der Waals surface area contributed by atoms with Crippen LogP contribution in [0.5, 0.6) is 0 Å². The van der Waals surface area contributed by atoms with Gasteiger partial charge in [0.2, 0.25) is 17.7 Å². The van der Waals surface area contributed by atoms with Crippen molar-refractivity contribution < 1.29 is 23.2 Å². The summed E-state index contributed by atoms with van der Waals surface area (Å²) in [6.45, 7) is 3.75. The lowest BCUT2D eigenvalue weighted by Crippen LogP contribution is -2.41. The third-order valence-electron chi connectivity index (χ3n) is 4.43. The molecule has 0 aliphatic heterocycles. The van der Waals surface area contributed by atoms with Gasteiger partial charge in [0.15, 0.2) is 0 Å². The summed E-state index contributed by atoms with van der Waals surface area (Å²) in [6.07, 6.45) is 0.0331. The van der Waals surface area contributed by atoms with Crippen molar-refractivity contribution >= 4 is 29.1 Å². The Morgan fingerprint density at radius 2 is 1.42 bits per heavy atom. The maximum absolute atomic E-state index is 13.6. The number of amides is 3. The van der Waals surface area contributed by atoms with Gasteiger partial charge in [-0.2, -0.15) is 0 Å². The van der Waals surface area contributed by atoms with E-state index in [9.17, 15) is 23.2 Å². The average Bonchev–Trinajstić information content (AvgIpc) is 2.70. The Balaban J connectivity index is 1.78. The van der Waals surface area contributed by atoms with Crippen LogP contribution in [0.3, 0.4) is 0 Å². The summed E-state index contributed by atoms with van der Waals surface area (Å²) in [4.78, 5) is 37.1. The van der Waals surface area contributed by atoms with E-state index in [0.717, 1.165) is 0 Å². The van der Waals surface area contributed by atoms with Crippen LogP contribution in [0.25, 0.3) is 0 Å². The number of likely N-dealkylation sites (N-methyl/N-ethyl adjacent to an activating group) is 1. The third-order valence-corrected chi connectivity index (χ3v) is 4.43. The molecular formula is C22H26F2N4O3. The highest BCUT2D eigenvalue weighted by Crippen LogP contribution is 2.14. The Kier molecular flexibility index (Phi) is 9.08. The number of nitrogens with zero attached hydrogens (tertiary/aromatic N) is 1. The number of hydrogen-bond donors (Lipinski definition) is 3. The molecule has 7 nitrogen and oxygen atoms in total. The number of hydrogen-bond acceptors (Lipinski definition) is 4. The molecule has 0 fully saturated rings.